The largest absolute Gasteiger partial charge is 0.356 e. The highest BCUT2D eigenvalue weighted by Crippen LogP contribution is 2.23. The molecule has 7 nitrogen and oxygen atoms in total. The van der Waals surface area contributed by atoms with Gasteiger partial charge >= 0.3 is 0 Å². The molecule has 140 valence electrons. The van der Waals surface area contributed by atoms with Gasteiger partial charge in [-0.1, -0.05) is 0 Å². The van der Waals surface area contributed by atoms with Crippen molar-refractivity contribution in [3.63, 3.8) is 0 Å². The van der Waals surface area contributed by atoms with Crippen molar-refractivity contribution in [1.82, 2.24) is 4.98 Å². The predicted octanol–water partition coefficient (Wildman–Crippen LogP) is 1.64. The fraction of sp³-hybridized carbons (Fsp3) is 0.312. The summed E-state index contributed by atoms with van der Waals surface area (Å²) in [5, 5.41) is 0. The third-order valence-electron chi connectivity index (χ3n) is 4.24. The van der Waals surface area contributed by atoms with Crippen LogP contribution in [0.1, 0.15) is 6.42 Å². The third-order valence-corrected chi connectivity index (χ3v) is 7.39. The second-order valence-electron chi connectivity index (χ2n) is 6.13. The molecule has 1 aromatic heterocycles. The van der Waals surface area contributed by atoms with Crippen LogP contribution in [0.5, 0.6) is 0 Å². The van der Waals surface area contributed by atoms with Gasteiger partial charge in [-0.2, -0.15) is 0 Å². The first-order valence-electron chi connectivity index (χ1n) is 7.84. The van der Waals surface area contributed by atoms with E-state index in [-0.39, 0.29) is 28.1 Å². The van der Waals surface area contributed by atoms with Crippen molar-refractivity contribution in [3.05, 3.63) is 48.4 Å². The highest BCUT2D eigenvalue weighted by Gasteiger charge is 2.31. The Labute approximate surface area is 151 Å². The molecule has 2 heterocycles. The fourth-order valence-electron chi connectivity index (χ4n) is 2.75. The molecule has 1 aromatic carbocycles. The lowest BCUT2D eigenvalue weighted by Crippen LogP contribution is -2.33. The zero-order valence-corrected chi connectivity index (χ0v) is 15.6. The number of hydrogen-bond acceptors (Lipinski definition) is 6. The number of hydrogen-bond donors (Lipinski definition) is 1. The monoisotopic (exact) mass is 399 g/mol. The van der Waals surface area contributed by atoms with Crippen LogP contribution in [-0.2, 0) is 19.9 Å². The summed E-state index contributed by atoms with van der Waals surface area (Å²) < 4.78 is 63.0. The van der Waals surface area contributed by atoms with E-state index in [1.54, 1.807) is 24.1 Å². The van der Waals surface area contributed by atoms with Crippen LogP contribution in [0.3, 0.4) is 0 Å². The number of nitrogens with zero attached hydrogens (tertiary/aromatic N) is 2. The number of sulfonamides is 1. The molecule has 1 unspecified atom stereocenters. The molecular formula is C16H18FN3O4S2. The van der Waals surface area contributed by atoms with Gasteiger partial charge in [0.05, 0.1) is 28.3 Å². The van der Waals surface area contributed by atoms with Crippen LogP contribution in [0.25, 0.3) is 0 Å². The number of nitrogens with one attached hydrogen (secondary N) is 1. The third kappa shape index (κ3) is 4.13. The molecule has 1 atom stereocenters. The van der Waals surface area contributed by atoms with Gasteiger partial charge in [0.25, 0.3) is 10.0 Å². The van der Waals surface area contributed by atoms with Crippen molar-refractivity contribution in [3.8, 4) is 0 Å². The lowest BCUT2D eigenvalue weighted by atomic mass is 10.2. The molecular weight excluding hydrogens is 381 g/mol. The molecule has 1 saturated heterocycles. The van der Waals surface area contributed by atoms with Crippen LogP contribution in [0.2, 0.25) is 0 Å². The normalized spacial score (nSPS) is 19.2. The van der Waals surface area contributed by atoms with Gasteiger partial charge in [0.15, 0.2) is 9.84 Å². The number of benzene rings is 1. The topological polar surface area (TPSA) is 96.4 Å². The molecule has 1 aliphatic heterocycles. The summed E-state index contributed by atoms with van der Waals surface area (Å²) in [7, 11) is -5.09. The molecule has 1 aliphatic rings. The van der Waals surface area contributed by atoms with Gasteiger partial charge in [-0.25, -0.2) is 26.2 Å². The summed E-state index contributed by atoms with van der Waals surface area (Å²) in [5.41, 5.74) is 0.255. The first-order chi connectivity index (χ1) is 12.2. The van der Waals surface area contributed by atoms with E-state index in [0.29, 0.717) is 12.2 Å². The number of pyridine rings is 1. The molecule has 1 N–H and O–H groups in total. The Bertz CT molecular complexity index is 991. The van der Waals surface area contributed by atoms with Gasteiger partial charge in [0.1, 0.15) is 11.6 Å². The van der Waals surface area contributed by atoms with Crippen LogP contribution in [0.4, 0.5) is 15.9 Å². The van der Waals surface area contributed by atoms with E-state index in [4.69, 9.17) is 0 Å². The van der Waals surface area contributed by atoms with E-state index in [1.165, 1.54) is 18.3 Å². The first-order valence-corrected chi connectivity index (χ1v) is 11.1. The van der Waals surface area contributed by atoms with Crippen molar-refractivity contribution in [2.75, 3.05) is 28.2 Å². The standard InChI is InChI=1S/C16H18FN3O4S2/c1-20(14-8-9-25(21,22)11-14)16-7-4-13(10-18-16)19-26(23,24)15-5-2-12(17)3-6-15/h2-7,10,14,19H,8-9,11H2,1H3. The van der Waals surface area contributed by atoms with E-state index in [2.05, 4.69) is 9.71 Å². The van der Waals surface area contributed by atoms with Crippen molar-refractivity contribution < 1.29 is 21.2 Å². The van der Waals surface area contributed by atoms with E-state index in [0.717, 1.165) is 12.1 Å². The van der Waals surface area contributed by atoms with Crippen LogP contribution in [0, 0.1) is 5.82 Å². The molecule has 26 heavy (non-hydrogen) atoms. The highest BCUT2D eigenvalue weighted by atomic mass is 32.2. The number of aromatic nitrogens is 1. The molecule has 0 aliphatic carbocycles. The average molecular weight is 399 g/mol. The van der Waals surface area contributed by atoms with Gasteiger partial charge < -0.3 is 4.90 Å². The Kier molecular flexibility index (Phi) is 4.89. The summed E-state index contributed by atoms with van der Waals surface area (Å²) in [6, 6.07) is 7.51. The lowest BCUT2D eigenvalue weighted by Gasteiger charge is -2.24. The Morgan fingerprint density at radius 1 is 1.19 bits per heavy atom. The average Bonchev–Trinajstić information content (AvgIpc) is 2.95. The van der Waals surface area contributed by atoms with Crippen LogP contribution >= 0.6 is 0 Å². The number of anilines is 2. The van der Waals surface area contributed by atoms with Gasteiger partial charge in [-0.05, 0) is 42.8 Å². The molecule has 0 saturated carbocycles. The minimum atomic E-state index is -3.84. The summed E-state index contributed by atoms with van der Waals surface area (Å²) in [6.07, 6.45) is 1.90. The van der Waals surface area contributed by atoms with Gasteiger partial charge in [-0.15, -0.1) is 0 Å². The minimum Gasteiger partial charge on any atom is -0.356 e. The molecule has 3 rings (SSSR count). The molecule has 0 bridgehead atoms. The van der Waals surface area contributed by atoms with Crippen LogP contribution in [-0.4, -0.2) is 46.4 Å². The van der Waals surface area contributed by atoms with E-state index in [1.807, 2.05) is 0 Å². The smallest absolute Gasteiger partial charge is 0.261 e. The second kappa shape index (κ2) is 6.84. The van der Waals surface area contributed by atoms with Crippen LogP contribution in [0.15, 0.2) is 47.5 Å². The lowest BCUT2D eigenvalue weighted by molar-refractivity contribution is 0.598. The first kappa shape index (κ1) is 18.6. The molecule has 0 spiro atoms. The van der Waals surface area contributed by atoms with Crippen molar-refractivity contribution in [1.29, 1.82) is 0 Å². The summed E-state index contributed by atoms with van der Waals surface area (Å²) >= 11 is 0. The Balaban J connectivity index is 1.72. The van der Waals surface area contributed by atoms with Crippen molar-refractivity contribution in [2.45, 2.75) is 17.4 Å². The number of halogens is 1. The fourth-order valence-corrected chi connectivity index (χ4v) is 5.57. The maximum atomic E-state index is 12.9. The van der Waals surface area contributed by atoms with Crippen molar-refractivity contribution in [2.24, 2.45) is 0 Å². The molecule has 2 aromatic rings. The van der Waals surface area contributed by atoms with E-state index >= 15 is 0 Å². The maximum absolute atomic E-state index is 12.9. The Morgan fingerprint density at radius 2 is 1.88 bits per heavy atom. The van der Waals surface area contributed by atoms with Crippen LogP contribution < -0.4 is 9.62 Å². The van der Waals surface area contributed by atoms with Crippen molar-refractivity contribution >= 4 is 31.4 Å². The summed E-state index contributed by atoms with van der Waals surface area (Å²) in [5.74, 6) is 0.283. The van der Waals surface area contributed by atoms with Gasteiger partial charge in [0, 0.05) is 13.1 Å². The molecule has 0 radical (unpaired) electrons. The second-order valence-corrected chi connectivity index (χ2v) is 10.0. The predicted molar refractivity (Wildman–Crippen MR) is 96.9 cm³/mol. The molecule has 0 amide bonds. The Morgan fingerprint density at radius 3 is 2.42 bits per heavy atom. The van der Waals surface area contributed by atoms with Gasteiger partial charge in [-0.3, -0.25) is 4.72 Å². The summed E-state index contributed by atoms with van der Waals surface area (Å²) in [6.45, 7) is 0. The minimum absolute atomic E-state index is 0.0590. The van der Waals surface area contributed by atoms with E-state index in [9.17, 15) is 21.2 Å². The number of rotatable bonds is 5. The quantitative estimate of drug-likeness (QED) is 0.821. The van der Waals surface area contributed by atoms with Gasteiger partial charge in [0.2, 0.25) is 0 Å². The summed E-state index contributed by atoms with van der Waals surface area (Å²) in [4.78, 5) is 5.93. The molecule has 10 heteroatoms. The highest BCUT2D eigenvalue weighted by molar-refractivity contribution is 7.92. The Hall–Kier alpha value is -2.20. The zero-order chi connectivity index (χ0) is 18.9. The maximum Gasteiger partial charge on any atom is 0.261 e. The number of sulfone groups is 1. The SMILES string of the molecule is CN(c1ccc(NS(=O)(=O)c2ccc(F)cc2)cn1)C1CCS(=O)(=O)C1. The molecule has 1 fully saturated rings. The zero-order valence-electron chi connectivity index (χ0n) is 14.0. The van der Waals surface area contributed by atoms with E-state index < -0.39 is 25.7 Å².